The van der Waals surface area contributed by atoms with Gasteiger partial charge >= 0.3 is 5.97 Å². The van der Waals surface area contributed by atoms with Gasteiger partial charge in [0, 0.05) is 12.6 Å². The summed E-state index contributed by atoms with van der Waals surface area (Å²) in [6.07, 6.45) is 1.45. The van der Waals surface area contributed by atoms with Crippen LogP contribution in [0, 0.1) is 10.1 Å². The molecule has 0 saturated heterocycles. The molecule has 0 fully saturated rings. The molecule has 0 radical (unpaired) electrons. The molecular weight excluding hydrogens is 420 g/mol. The second-order valence-electron chi connectivity index (χ2n) is 5.81. The molecular formula is C17H20N4O8S. The Morgan fingerprint density at radius 1 is 1.27 bits per heavy atom. The van der Waals surface area contributed by atoms with Crippen molar-refractivity contribution >= 4 is 33.3 Å². The molecule has 0 aliphatic rings. The number of anilines is 1. The summed E-state index contributed by atoms with van der Waals surface area (Å²) in [7, 11) is -4.24. The fourth-order valence-electron chi connectivity index (χ4n) is 2.26. The molecule has 3 N–H and O–H groups in total. The number of benzene rings is 1. The van der Waals surface area contributed by atoms with Crippen molar-refractivity contribution in [1.29, 1.82) is 0 Å². The zero-order valence-corrected chi connectivity index (χ0v) is 16.7. The van der Waals surface area contributed by atoms with E-state index in [-0.39, 0.29) is 12.2 Å². The zero-order valence-electron chi connectivity index (χ0n) is 15.9. The average molecular weight is 440 g/mol. The maximum atomic E-state index is 12.4. The number of nitrogens with one attached hydrogen (secondary N) is 3. The monoisotopic (exact) mass is 440 g/mol. The smallest absolute Gasteiger partial charge is 0.321 e. The van der Waals surface area contributed by atoms with E-state index >= 15 is 0 Å². The number of rotatable bonds is 11. The molecule has 0 bridgehead atoms. The third-order valence-electron chi connectivity index (χ3n) is 3.65. The Bertz CT molecular complexity index is 1000. The number of hydrogen-bond acceptors (Lipinski definition) is 9. The van der Waals surface area contributed by atoms with Crippen LogP contribution in [0.25, 0.3) is 0 Å². The van der Waals surface area contributed by atoms with Gasteiger partial charge in [0.25, 0.3) is 11.6 Å². The van der Waals surface area contributed by atoms with E-state index in [9.17, 15) is 28.1 Å². The Hall–Kier alpha value is -3.45. The Morgan fingerprint density at radius 3 is 2.67 bits per heavy atom. The average Bonchev–Trinajstić information content (AvgIpc) is 3.23. The van der Waals surface area contributed by atoms with E-state index in [0.717, 1.165) is 12.1 Å². The topological polar surface area (TPSA) is 170 Å². The SMILES string of the molecule is CCNC(=O)COC(=O)CNS(=O)(=O)c1ccc(NCc2ccco2)c([N+](=O)[O-])c1. The first kappa shape index (κ1) is 22.8. The van der Waals surface area contributed by atoms with Crippen LogP contribution in [0.4, 0.5) is 11.4 Å². The maximum absolute atomic E-state index is 12.4. The highest BCUT2D eigenvalue weighted by Gasteiger charge is 2.22. The zero-order chi connectivity index (χ0) is 22.1. The number of ether oxygens (including phenoxy) is 1. The van der Waals surface area contributed by atoms with E-state index in [1.807, 2.05) is 4.72 Å². The van der Waals surface area contributed by atoms with Crippen molar-refractivity contribution in [3.8, 4) is 0 Å². The Labute approximate surface area is 171 Å². The van der Waals surface area contributed by atoms with Crippen molar-refractivity contribution in [1.82, 2.24) is 10.0 Å². The number of nitro groups is 1. The van der Waals surface area contributed by atoms with Crippen molar-refractivity contribution in [2.24, 2.45) is 0 Å². The van der Waals surface area contributed by atoms with E-state index in [0.29, 0.717) is 12.3 Å². The number of sulfonamides is 1. The van der Waals surface area contributed by atoms with Gasteiger partial charge in [0.05, 0.1) is 22.6 Å². The van der Waals surface area contributed by atoms with Crippen molar-refractivity contribution in [3.05, 3.63) is 52.5 Å². The number of carbonyl (C=O) groups is 2. The minimum atomic E-state index is -4.24. The second-order valence-corrected chi connectivity index (χ2v) is 7.57. The van der Waals surface area contributed by atoms with Crippen LogP contribution in [0.5, 0.6) is 0 Å². The molecule has 0 saturated carbocycles. The van der Waals surface area contributed by atoms with E-state index in [4.69, 9.17) is 4.42 Å². The van der Waals surface area contributed by atoms with Gasteiger partial charge in [0.2, 0.25) is 10.0 Å². The van der Waals surface area contributed by atoms with Crippen LogP contribution < -0.4 is 15.4 Å². The van der Waals surface area contributed by atoms with Gasteiger partial charge in [-0.3, -0.25) is 19.7 Å². The van der Waals surface area contributed by atoms with Crippen molar-refractivity contribution < 1.29 is 32.1 Å². The molecule has 12 nitrogen and oxygen atoms in total. The van der Waals surface area contributed by atoms with E-state index in [1.54, 1.807) is 19.1 Å². The summed E-state index contributed by atoms with van der Waals surface area (Å²) >= 11 is 0. The Morgan fingerprint density at radius 2 is 2.03 bits per heavy atom. The lowest BCUT2D eigenvalue weighted by Gasteiger charge is -2.10. The van der Waals surface area contributed by atoms with Gasteiger partial charge in [-0.25, -0.2) is 8.42 Å². The van der Waals surface area contributed by atoms with Crippen molar-refractivity contribution in [3.63, 3.8) is 0 Å². The molecule has 1 amide bonds. The summed E-state index contributed by atoms with van der Waals surface area (Å²) < 4.78 is 36.4. The summed E-state index contributed by atoms with van der Waals surface area (Å²) in [6.45, 7) is 0.915. The fourth-order valence-corrected chi connectivity index (χ4v) is 3.25. The van der Waals surface area contributed by atoms with Gasteiger partial charge in [-0.1, -0.05) is 0 Å². The predicted molar refractivity (Wildman–Crippen MR) is 104 cm³/mol. The van der Waals surface area contributed by atoms with Gasteiger partial charge in [-0.15, -0.1) is 0 Å². The number of furan rings is 1. The molecule has 0 aliphatic heterocycles. The van der Waals surface area contributed by atoms with E-state index < -0.39 is 50.6 Å². The molecule has 0 aliphatic carbocycles. The lowest BCUT2D eigenvalue weighted by Crippen LogP contribution is -2.33. The molecule has 0 spiro atoms. The van der Waals surface area contributed by atoms with Crippen LogP contribution in [-0.2, 0) is 30.9 Å². The number of hydrogen-bond donors (Lipinski definition) is 3. The highest BCUT2D eigenvalue weighted by atomic mass is 32.2. The summed E-state index contributed by atoms with van der Waals surface area (Å²) in [5.41, 5.74) is -0.375. The van der Waals surface area contributed by atoms with E-state index in [1.165, 1.54) is 12.3 Å². The fraction of sp³-hybridized carbons (Fsp3) is 0.294. The molecule has 30 heavy (non-hydrogen) atoms. The highest BCUT2D eigenvalue weighted by Crippen LogP contribution is 2.28. The van der Waals surface area contributed by atoms with Crippen LogP contribution in [0.1, 0.15) is 12.7 Å². The first-order valence-electron chi connectivity index (χ1n) is 8.69. The largest absolute Gasteiger partial charge is 0.467 e. The van der Waals surface area contributed by atoms with Crippen LogP contribution >= 0.6 is 0 Å². The lowest BCUT2D eigenvalue weighted by atomic mass is 10.2. The molecule has 1 heterocycles. The highest BCUT2D eigenvalue weighted by molar-refractivity contribution is 7.89. The molecule has 162 valence electrons. The third kappa shape index (κ3) is 6.56. The first-order chi connectivity index (χ1) is 14.2. The normalized spacial score (nSPS) is 11.0. The molecule has 1 aromatic heterocycles. The minimum Gasteiger partial charge on any atom is -0.467 e. The molecule has 0 atom stereocenters. The number of likely N-dealkylation sites (N-methyl/N-ethyl adjacent to an activating group) is 1. The number of nitro benzene ring substituents is 1. The van der Waals surface area contributed by atoms with Crippen LogP contribution in [0.3, 0.4) is 0 Å². The Balaban J connectivity index is 2.03. The van der Waals surface area contributed by atoms with E-state index in [2.05, 4.69) is 15.4 Å². The predicted octanol–water partition coefficient (Wildman–Crippen LogP) is 0.758. The van der Waals surface area contributed by atoms with Gasteiger partial charge in [0.1, 0.15) is 18.0 Å². The molecule has 0 unspecified atom stereocenters. The summed E-state index contributed by atoms with van der Waals surface area (Å²) in [5.74, 6) is -0.966. The quantitative estimate of drug-likeness (QED) is 0.259. The summed E-state index contributed by atoms with van der Waals surface area (Å²) in [6, 6.07) is 6.59. The molecule has 13 heteroatoms. The Kier molecular flexibility index (Phi) is 7.89. The number of amides is 1. The number of esters is 1. The van der Waals surface area contributed by atoms with Crippen LogP contribution in [0.2, 0.25) is 0 Å². The third-order valence-corrected chi connectivity index (χ3v) is 5.05. The van der Waals surface area contributed by atoms with Gasteiger partial charge in [0.15, 0.2) is 6.61 Å². The molecule has 1 aromatic carbocycles. The van der Waals surface area contributed by atoms with Crippen molar-refractivity contribution in [2.75, 3.05) is 25.0 Å². The van der Waals surface area contributed by atoms with Crippen molar-refractivity contribution in [2.45, 2.75) is 18.4 Å². The van der Waals surface area contributed by atoms with Gasteiger partial charge in [-0.2, -0.15) is 4.72 Å². The first-order valence-corrected chi connectivity index (χ1v) is 10.2. The second kappa shape index (κ2) is 10.4. The summed E-state index contributed by atoms with van der Waals surface area (Å²) in [4.78, 5) is 33.0. The molecule has 2 aromatic rings. The standard InChI is InChI=1S/C17H20N4O8S/c1-2-18-16(22)11-29-17(23)10-20-30(26,27)13-5-6-14(15(8-13)21(24)25)19-9-12-4-3-7-28-12/h3-8,19-20H,2,9-11H2,1H3,(H,18,22). The van der Waals surface area contributed by atoms with Crippen LogP contribution in [0.15, 0.2) is 45.9 Å². The van der Waals surface area contributed by atoms with Gasteiger partial charge in [-0.05, 0) is 31.2 Å². The minimum absolute atomic E-state index is 0.0942. The summed E-state index contributed by atoms with van der Waals surface area (Å²) in [5, 5.41) is 16.6. The maximum Gasteiger partial charge on any atom is 0.321 e. The van der Waals surface area contributed by atoms with Gasteiger partial charge < -0.3 is 19.8 Å². The molecule has 2 rings (SSSR count). The number of carbonyl (C=O) groups excluding carboxylic acids is 2. The lowest BCUT2D eigenvalue weighted by molar-refractivity contribution is -0.384. The number of nitrogens with zero attached hydrogens (tertiary/aromatic N) is 1. The van der Waals surface area contributed by atoms with Crippen LogP contribution in [-0.4, -0.2) is 44.9 Å².